The van der Waals surface area contributed by atoms with E-state index in [4.69, 9.17) is 5.11 Å². The highest BCUT2D eigenvalue weighted by atomic mass is 16.4. The highest BCUT2D eigenvalue weighted by molar-refractivity contribution is 5.83. The second kappa shape index (κ2) is 4.51. The molecule has 88 valence electrons. The van der Waals surface area contributed by atoms with E-state index >= 15 is 0 Å². The summed E-state index contributed by atoms with van der Waals surface area (Å²) >= 11 is 0. The van der Waals surface area contributed by atoms with Gasteiger partial charge in [0.05, 0.1) is 0 Å². The molecule has 0 radical (unpaired) electrons. The first-order valence-corrected chi connectivity index (χ1v) is 5.65. The van der Waals surface area contributed by atoms with Gasteiger partial charge in [0, 0.05) is 19.6 Å². The number of hydrogen-bond acceptors (Lipinski definition) is 4. The summed E-state index contributed by atoms with van der Waals surface area (Å²) < 4.78 is 1.66. The molecule has 1 fully saturated rings. The zero-order valence-corrected chi connectivity index (χ0v) is 9.39. The molecule has 2 rings (SSSR count). The fourth-order valence-electron chi connectivity index (χ4n) is 2.07. The molecule has 1 aromatic heterocycles. The minimum atomic E-state index is -1.02. The van der Waals surface area contributed by atoms with Gasteiger partial charge in [-0.3, -0.25) is 4.57 Å². The van der Waals surface area contributed by atoms with E-state index in [1.807, 2.05) is 6.92 Å². The Bertz CT molecular complexity index is 382. The van der Waals surface area contributed by atoms with E-state index < -0.39 is 5.97 Å². The van der Waals surface area contributed by atoms with Crippen LogP contribution in [0.2, 0.25) is 0 Å². The molecule has 1 aliphatic rings. The first-order chi connectivity index (χ1) is 7.74. The van der Waals surface area contributed by atoms with Crippen molar-refractivity contribution in [2.75, 3.05) is 18.0 Å². The van der Waals surface area contributed by atoms with Crippen LogP contribution in [0, 0.1) is 0 Å². The lowest BCUT2D eigenvalue weighted by atomic mass is 10.1. The number of piperidine rings is 1. The molecule has 0 bridgehead atoms. The van der Waals surface area contributed by atoms with Crippen LogP contribution in [0.25, 0.3) is 0 Å². The first-order valence-electron chi connectivity index (χ1n) is 5.65. The van der Waals surface area contributed by atoms with Crippen molar-refractivity contribution in [1.82, 2.24) is 14.8 Å². The molecule has 0 aliphatic carbocycles. The molecule has 0 spiro atoms. The lowest BCUT2D eigenvalue weighted by molar-refractivity contribution is 0.0678. The average Bonchev–Trinajstić information content (AvgIpc) is 2.73. The van der Waals surface area contributed by atoms with Crippen LogP contribution >= 0.6 is 0 Å². The maximum absolute atomic E-state index is 10.9. The Kier molecular flexibility index (Phi) is 3.07. The van der Waals surface area contributed by atoms with Crippen LogP contribution in [0.3, 0.4) is 0 Å². The second-order valence-electron chi connectivity index (χ2n) is 3.92. The number of rotatable bonds is 3. The summed E-state index contributed by atoms with van der Waals surface area (Å²) in [5, 5.41) is 16.7. The van der Waals surface area contributed by atoms with Crippen molar-refractivity contribution >= 4 is 11.9 Å². The minimum Gasteiger partial charge on any atom is -0.475 e. The molecule has 6 heteroatoms. The molecule has 1 saturated heterocycles. The highest BCUT2D eigenvalue weighted by Crippen LogP contribution is 2.18. The average molecular weight is 224 g/mol. The molecular formula is C10H16N4O2. The Hall–Kier alpha value is -1.59. The predicted octanol–water partition coefficient (Wildman–Crippen LogP) is 0.986. The summed E-state index contributed by atoms with van der Waals surface area (Å²) in [7, 11) is 0. The summed E-state index contributed by atoms with van der Waals surface area (Å²) in [4.78, 5) is 13.1. The van der Waals surface area contributed by atoms with Crippen molar-refractivity contribution in [3.63, 3.8) is 0 Å². The Morgan fingerprint density at radius 1 is 1.31 bits per heavy atom. The van der Waals surface area contributed by atoms with Gasteiger partial charge in [-0.1, -0.05) is 0 Å². The van der Waals surface area contributed by atoms with Gasteiger partial charge in [-0.15, -0.1) is 10.2 Å². The number of aromatic carboxylic acids is 1. The summed E-state index contributed by atoms with van der Waals surface area (Å²) in [6.07, 6.45) is 3.51. The summed E-state index contributed by atoms with van der Waals surface area (Å²) in [5.41, 5.74) is 0. The molecule has 0 unspecified atom stereocenters. The molecule has 0 saturated carbocycles. The number of aromatic nitrogens is 3. The molecule has 1 N–H and O–H groups in total. The Labute approximate surface area is 93.9 Å². The number of hydrogen-bond donors (Lipinski definition) is 1. The Morgan fingerprint density at radius 2 is 2.00 bits per heavy atom. The summed E-state index contributed by atoms with van der Waals surface area (Å²) in [5.74, 6) is -0.291. The third kappa shape index (κ3) is 1.87. The van der Waals surface area contributed by atoms with Crippen LogP contribution < -0.4 is 4.90 Å². The lowest BCUT2D eigenvalue weighted by Gasteiger charge is -2.27. The van der Waals surface area contributed by atoms with Crippen molar-refractivity contribution in [2.24, 2.45) is 0 Å². The molecule has 0 atom stereocenters. The fourth-order valence-corrected chi connectivity index (χ4v) is 2.07. The molecule has 1 aromatic rings. The van der Waals surface area contributed by atoms with Crippen molar-refractivity contribution in [3.8, 4) is 0 Å². The van der Waals surface area contributed by atoms with Crippen molar-refractivity contribution in [3.05, 3.63) is 5.82 Å². The third-order valence-electron chi connectivity index (χ3n) is 2.88. The van der Waals surface area contributed by atoms with Crippen LogP contribution in [0.1, 0.15) is 36.8 Å². The second-order valence-corrected chi connectivity index (χ2v) is 3.92. The van der Waals surface area contributed by atoms with Gasteiger partial charge in [-0.25, -0.2) is 4.79 Å². The SMILES string of the molecule is CCn1c(C(=O)O)nnc1N1CCCCC1. The smallest absolute Gasteiger partial charge is 0.374 e. The fraction of sp³-hybridized carbons (Fsp3) is 0.700. The van der Waals surface area contributed by atoms with Crippen molar-refractivity contribution in [2.45, 2.75) is 32.7 Å². The van der Waals surface area contributed by atoms with E-state index in [1.54, 1.807) is 4.57 Å². The van der Waals surface area contributed by atoms with E-state index in [-0.39, 0.29) is 5.82 Å². The van der Waals surface area contributed by atoms with Gasteiger partial charge in [0.25, 0.3) is 0 Å². The zero-order chi connectivity index (χ0) is 11.5. The summed E-state index contributed by atoms with van der Waals surface area (Å²) in [6, 6.07) is 0. The number of nitrogens with zero attached hydrogens (tertiary/aromatic N) is 4. The van der Waals surface area contributed by atoms with Gasteiger partial charge in [-0.2, -0.15) is 0 Å². The predicted molar refractivity (Wildman–Crippen MR) is 58.7 cm³/mol. The molecule has 16 heavy (non-hydrogen) atoms. The largest absolute Gasteiger partial charge is 0.475 e. The number of carboxylic acids is 1. The first kappa shape index (κ1) is 10.9. The van der Waals surface area contributed by atoms with Crippen LogP contribution in [-0.2, 0) is 6.54 Å². The monoisotopic (exact) mass is 224 g/mol. The normalized spacial score (nSPS) is 16.4. The number of anilines is 1. The van der Waals surface area contributed by atoms with Gasteiger partial charge in [0.1, 0.15) is 0 Å². The molecule has 0 amide bonds. The van der Waals surface area contributed by atoms with E-state index in [9.17, 15) is 4.79 Å². The molecule has 2 heterocycles. The van der Waals surface area contributed by atoms with E-state index in [0.29, 0.717) is 12.5 Å². The lowest BCUT2D eigenvalue weighted by Crippen LogP contribution is -2.32. The van der Waals surface area contributed by atoms with E-state index in [2.05, 4.69) is 15.1 Å². The molecule has 6 nitrogen and oxygen atoms in total. The van der Waals surface area contributed by atoms with E-state index in [1.165, 1.54) is 6.42 Å². The van der Waals surface area contributed by atoms with E-state index in [0.717, 1.165) is 25.9 Å². The minimum absolute atomic E-state index is 0.0306. The van der Waals surface area contributed by atoms with Gasteiger partial charge < -0.3 is 10.0 Å². The highest BCUT2D eigenvalue weighted by Gasteiger charge is 2.21. The van der Waals surface area contributed by atoms with Crippen LogP contribution in [0.15, 0.2) is 0 Å². The molecule has 0 aromatic carbocycles. The van der Waals surface area contributed by atoms with Crippen molar-refractivity contribution in [1.29, 1.82) is 0 Å². The van der Waals surface area contributed by atoms with Crippen LogP contribution in [0.4, 0.5) is 5.95 Å². The maximum atomic E-state index is 10.9. The Morgan fingerprint density at radius 3 is 2.56 bits per heavy atom. The van der Waals surface area contributed by atoms with Crippen LogP contribution in [-0.4, -0.2) is 38.9 Å². The maximum Gasteiger partial charge on any atom is 0.374 e. The van der Waals surface area contributed by atoms with Crippen molar-refractivity contribution < 1.29 is 9.90 Å². The zero-order valence-electron chi connectivity index (χ0n) is 9.39. The van der Waals surface area contributed by atoms with Gasteiger partial charge in [-0.05, 0) is 26.2 Å². The number of carbonyl (C=O) groups is 1. The summed E-state index contributed by atoms with van der Waals surface area (Å²) in [6.45, 7) is 4.37. The third-order valence-corrected chi connectivity index (χ3v) is 2.88. The quantitative estimate of drug-likeness (QED) is 0.828. The standard InChI is InChI=1S/C10H16N4O2/c1-2-14-8(9(15)16)11-12-10(14)13-6-4-3-5-7-13/h2-7H2,1H3,(H,15,16). The Balaban J connectivity index is 2.29. The molecular weight excluding hydrogens is 208 g/mol. The van der Waals surface area contributed by atoms with Gasteiger partial charge in [0.15, 0.2) is 0 Å². The van der Waals surface area contributed by atoms with Crippen LogP contribution in [0.5, 0.6) is 0 Å². The number of carboxylic acid groups (broad SMARTS) is 1. The topological polar surface area (TPSA) is 71.2 Å². The van der Waals surface area contributed by atoms with Gasteiger partial charge >= 0.3 is 5.97 Å². The molecule has 1 aliphatic heterocycles. The van der Waals surface area contributed by atoms with Gasteiger partial charge in [0.2, 0.25) is 11.8 Å².